The molecule has 7 heteroatoms. The highest BCUT2D eigenvalue weighted by Crippen LogP contribution is 2.25. The van der Waals surface area contributed by atoms with E-state index in [1.54, 1.807) is 0 Å². The molecular formula is C31H36N4O3. The van der Waals surface area contributed by atoms with Crippen molar-refractivity contribution in [3.05, 3.63) is 101 Å². The number of hydrogen-bond acceptors (Lipinski definition) is 4. The van der Waals surface area contributed by atoms with E-state index in [1.165, 1.54) is 6.42 Å². The van der Waals surface area contributed by atoms with E-state index in [0.29, 0.717) is 12.8 Å². The maximum Gasteiger partial charge on any atom is 0.244 e. The molecule has 1 aliphatic rings. The van der Waals surface area contributed by atoms with Crippen molar-refractivity contribution >= 4 is 35.1 Å². The van der Waals surface area contributed by atoms with Crippen LogP contribution in [0, 0.1) is 0 Å². The van der Waals surface area contributed by atoms with Gasteiger partial charge >= 0.3 is 0 Å². The van der Waals surface area contributed by atoms with Gasteiger partial charge in [-0.25, -0.2) is 0 Å². The van der Waals surface area contributed by atoms with E-state index < -0.39 is 24.0 Å². The smallest absolute Gasteiger partial charge is 0.244 e. The largest absolute Gasteiger partial charge is 0.343 e. The third-order valence-corrected chi connectivity index (χ3v) is 6.07. The van der Waals surface area contributed by atoms with Crippen LogP contribution in [-0.2, 0) is 27.2 Å². The van der Waals surface area contributed by atoms with Gasteiger partial charge in [-0.2, -0.15) is 0 Å². The standard InChI is InChI=1S/C28H28N4O3.C3H8/c29-17-26(34)31-25(16-21-12-6-10-19-9-4-5-13-22(19)21)28(35)32-27(30-18-33)24-15-7-11-20-8-2-1-3-14-23(20)24;1-3-2/h1-13,15,18,25,27H,14,16-17,29H2,(H,30,33)(H,31,34)(H,32,35);3H2,1-2H3/t25-,27-;/m1./s1. The molecule has 0 fully saturated rings. The number of nitrogens with two attached hydrogens (primary N) is 1. The number of rotatable bonds is 9. The Morgan fingerprint density at radius 3 is 2.47 bits per heavy atom. The SMILES string of the molecule is CCC.NCC(=O)N[C@H](Cc1cccc2ccccc12)C(=O)N[C@@H](NC=O)c1cccc2c1CC=CC=C2. The fourth-order valence-corrected chi connectivity index (χ4v) is 4.38. The molecule has 0 aliphatic heterocycles. The third kappa shape index (κ3) is 7.40. The molecule has 3 amide bonds. The molecule has 0 spiro atoms. The molecule has 0 radical (unpaired) electrons. The Balaban J connectivity index is 0.00000127. The van der Waals surface area contributed by atoms with Crippen molar-refractivity contribution in [2.24, 2.45) is 5.73 Å². The van der Waals surface area contributed by atoms with E-state index >= 15 is 0 Å². The van der Waals surface area contributed by atoms with Gasteiger partial charge in [0.2, 0.25) is 18.2 Å². The molecule has 0 unspecified atom stereocenters. The van der Waals surface area contributed by atoms with Crippen molar-refractivity contribution in [3.8, 4) is 0 Å². The van der Waals surface area contributed by atoms with Crippen LogP contribution in [0.1, 0.15) is 48.7 Å². The number of benzene rings is 3. The first-order chi connectivity index (χ1) is 18.5. The van der Waals surface area contributed by atoms with Crippen LogP contribution in [0.5, 0.6) is 0 Å². The predicted molar refractivity (Wildman–Crippen MR) is 153 cm³/mol. The minimum absolute atomic E-state index is 0.236. The van der Waals surface area contributed by atoms with Gasteiger partial charge in [-0.05, 0) is 39.4 Å². The zero-order chi connectivity index (χ0) is 27.3. The van der Waals surface area contributed by atoms with Gasteiger partial charge in [-0.1, -0.05) is 105 Å². The van der Waals surface area contributed by atoms with Crippen LogP contribution in [0.4, 0.5) is 0 Å². The van der Waals surface area contributed by atoms with E-state index in [4.69, 9.17) is 5.73 Å². The maximum atomic E-state index is 13.5. The second-order valence-electron chi connectivity index (χ2n) is 9.01. The normalized spacial score (nSPS) is 13.2. The summed E-state index contributed by atoms with van der Waals surface area (Å²) in [6.07, 6.45) is 9.92. The van der Waals surface area contributed by atoms with E-state index in [2.05, 4.69) is 29.8 Å². The summed E-state index contributed by atoms with van der Waals surface area (Å²) < 4.78 is 0. The highest BCUT2D eigenvalue weighted by molar-refractivity contribution is 5.91. The predicted octanol–water partition coefficient (Wildman–Crippen LogP) is 3.93. The minimum atomic E-state index is -0.880. The fourth-order valence-electron chi connectivity index (χ4n) is 4.38. The second kappa shape index (κ2) is 14.5. The first kappa shape index (κ1) is 28.3. The first-order valence-electron chi connectivity index (χ1n) is 12.9. The number of carbonyl (C=O) groups is 3. The minimum Gasteiger partial charge on any atom is -0.343 e. The summed E-state index contributed by atoms with van der Waals surface area (Å²) in [4.78, 5) is 37.1. The zero-order valence-corrected chi connectivity index (χ0v) is 21.9. The molecule has 4 rings (SSSR count). The molecule has 0 bridgehead atoms. The average molecular weight is 513 g/mol. The highest BCUT2D eigenvalue weighted by atomic mass is 16.2. The topological polar surface area (TPSA) is 113 Å². The van der Waals surface area contributed by atoms with Gasteiger partial charge in [-0.15, -0.1) is 0 Å². The number of hydrogen-bond donors (Lipinski definition) is 4. The van der Waals surface area contributed by atoms with Gasteiger partial charge in [0, 0.05) is 6.42 Å². The molecule has 5 N–H and O–H groups in total. The maximum absolute atomic E-state index is 13.5. The Bertz CT molecular complexity index is 1310. The molecule has 0 saturated heterocycles. The first-order valence-corrected chi connectivity index (χ1v) is 12.9. The lowest BCUT2D eigenvalue weighted by molar-refractivity contribution is -0.129. The van der Waals surface area contributed by atoms with Gasteiger partial charge in [0.15, 0.2) is 0 Å². The Labute approximate surface area is 224 Å². The van der Waals surface area contributed by atoms with Crippen LogP contribution >= 0.6 is 0 Å². The van der Waals surface area contributed by atoms with Gasteiger partial charge in [-0.3, -0.25) is 14.4 Å². The van der Waals surface area contributed by atoms with Crippen molar-refractivity contribution in [1.82, 2.24) is 16.0 Å². The zero-order valence-electron chi connectivity index (χ0n) is 21.9. The Morgan fingerprint density at radius 1 is 0.974 bits per heavy atom. The molecule has 3 aromatic rings. The summed E-state index contributed by atoms with van der Waals surface area (Å²) in [7, 11) is 0. The van der Waals surface area contributed by atoms with Crippen molar-refractivity contribution < 1.29 is 14.4 Å². The summed E-state index contributed by atoms with van der Waals surface area (Å²) in [5.74, 6) is -0.856. The second-order valence-corrected chi connectivity index (χ2v) is 9.01. The van der Waals surface area contributed by atoms with Gasteiger partial charge in [0.1, 0.15) is 12.2 Å². The summed E-state index contributed by atoms with van der Waals surface area (Å²) in [6, 6.07) is 18.6. The van der Waals surface area contributed by atoms with Gasteiger partial charge in [0.05, 0.1) is 6.54 Å². The highest BCUT2D eigenvalue weighted by Gasteiger charge is 2.26. The lowest BCUT2D eigenvalue weighted by Gasteiger charge is -2.25. The van der Waals surface area contributed by atoms with Crippen molar-refractivity contribution in [2.45, 2.75) is 45.3 Å². The quantitative estimate of drug-likeness (QED) is 0.257. The van der Waals surface area contributed by atoms with Crippen LogP contribution in [0.2, 0.25) is 0 Å². The summed E-state index contributed by atoms with van der Waals surface area (Å²) >= 11 is 0. The molecule has 7 nitrogen and oxygen atoms in total. The molecule has 3 aromatic carbocycles. The summed E-state index contributed by atoms with van der Waals surface area (Å²) in [5, 5.41) is 10.4. The van der Waals surface area contributed by atoms with E-state index in [-0.39, 0.29) is 13.0 Å². The molecular weight excluding hydrogens is 476 g/mol. The van der Waals surface area contributed by atoms with Crippen LogP contribution in [0.3, 0.4) is 0 Å². The monoisotopic (exact) mass is 512 g/mol. The van der Waals surface area contributed by atoms with E-state index in [1.807, 2.05) is 85.0 Å². The number of nitrogens with one attached hydrogen (secondary N) is 3. The molecule has 2 atom stereocenters. The Morgan fingerprint density at radius 2 is 1.71 bits per heavy atom. The van der Waals surface area contributed by atoms with Crippen molar-refractivity contribution in [1.29, 1.82) is 0 Å². The molecule has 0 heterocycles. The van der Waals surface area contributed by atoms with Crippen LogP contribution in [0.25, 0.3) is 16.8 Å². The molecule has 38 heavy (non-hydrogen) atoms. The summed E-state index contributed by atoms with van der Waals surface area (Å²) in [6.45, 7) is 4.01. The molecule has 0 aromatic heterocycles. The Kier molecular flexibility index (Phi) is 10.8. The molecule has 198 valence electrons. The van der Waals surface area contributed by atoms with Crippen LogP contribution < -0.4 is 21.7 Å². The van der Waals surface area contributed by atoms with Gasteiger partial charge < -0.3 is 21.7 Å². The van der Waals surface area contributed by atoms with Crippen molar-refractivity contribution in [3.63, 3.8) is 0 Å². The summed E-state index contributed by atoms with van der Waals surface area (Å²) in [5.41, 5.74) is 9.25. The number of fused-ring (bicyclic) bond motifs is 2. The third-order valence-electron chi connectivity index (χ3n) is 6.07. The molecule has 1 aliphatic carbocycles. The lowest BCUT2D eigenvalue weighted by atomic mass is 9.96. The lowest BCUT2D eigenvalue weighted by Crippen LogP contribution is -2.52. The van der Waals surface area contributed by atoms with Crippen LogP contribution in [0.15, 0.2) is 78.9 Å². The molecule has 0 saturated carbocycles. The number of allylic oxidation sites excluding steroid dienone is 3. The van der Waals surface area contributed by atoms with Crippen molar-refractivity contribution in [2.75, 3.05) is 6.54 Å². The average Bonchev–Trinajstić information content (AvgIpc) is 3.18. The van der Waals surface area contributed by atoms with Gasteiger partial charge in [0.25, 0.3) is 0 Å². The van der Waals surface area contributed by atoms with E-state index in [9.17, 15) is 14.4 Å². The number of amides is 3. The van der Waals surface area contributed by atoms with Crippen LogP contribution in [-0.4, -0.2) is 30.8 Å². The fraction of sp³-hybridized carbons (Fsp3) is 0.258. The Hall–Kier alpha value is -4.23. The number of carbonyl (C=O) groups excluding carboxylic acids is 3. The van der Waals surface area contributed by atoms with E-state index in [0.717, 1.165) is 33.0 Å².